The maximum Gasteiger partial charge on any atom is 0.231 e. The van der Waals surface area contributed by atoms with Gasteiger partial charge in [-0.15, -0.1) is 11.3 Å². The molecule has 0 saturated heterocycles. The number of hydrogen-bond acceptors (Lipinski definition) is 5. The Kier molecular flexibility index (Phi) is 2.01. The van der Waals surface area contributed by atoms with E-state index in [2.05, 4.69) is 11.1 Å². The second kappa shape index (κ2) is 3.51. The molecule has 2 aromatic rings. The normalized spacial score (nSPS) is 12.4. The molecule has 1 aromatic carbocycles. The van der Waals surface area contributed by atoms with Crippen molar-refractivity contribution in [2.45, 2.75) is 0 Å². The topological polar surface area (TPSA) is 55.1 Å². The highest BCUT2D eigenvalue weighted by Gasteiger charge is 2.16. The van der Waals surface area contributed by atoms with Crippen LogP contribution in [0.1, 0.15) is 4.88 Å². The standard InChI is InChI=1S/C11H6N2O2S/c12-4-10-11(13-5-16-10)7-1-2-8-9(3-7)15-6-14-8/h1-3,5H,6H2. The highest BCUT2D eigenvalue weighted by atomic mass is 32.1. The second-order valence-electron chi connectivity index (χ2n) is 3.21. The summed E-state index contributed by atoms with van der Waals surface area (Å²) in [6.07, 6.45) is 0. The molecule has 4 nitrogen and oxygen atoms in total. The third kappa shape index (κ3) is 1.32. The van der Waals surface area contributed by atoms with Gasteiger partial charge in [-0.25, -0.2) is 4.98 Å². The van der Waals surface area contributed by atoms with Gasteiger partial charge in [-0.2, -0.15) is 5.26 Å². The molecule has 0 radical (unpaired) electrons. The first-order valence-corrected chi connectivity index (χ1v) is 5.50. The first-order chi connectivity index (χ1) is 7.88. The van der Waals surface area contributed by atoms with E-state index in [1.165, 1.54) is 11.3 Å². The number of aromatic nitrogens is 1. The summed E-state index contributed by atoms with van der Waals surface area (Å²) in [7, 11) is 0. The highest BCUT2D eigenvalue weighted by molar-refractivity contribution is 7.10. The minimum Gasteiger partial charge on any atom is -0.454 e. The van der Waals surface area contributed by atoms with Gasteiger partial charge in [-0.1, -0.05) is 0 Å². The van der Waals surface area contributed by atoms with Crippen molar-refractivity contribution < 1.29 is 9.47 Å². The summed E-state index contributed by atoms with van der Waals surface area (Å²) < 4.78 is 10.5. The molecule has 3 rings (SSSR count). The van der Waals surface area contributed by atoms with Gasteiger partial charge in [-0.05, 0) is 18.2 Å². The Morgan fingerprint density at radius 1 is 1.31 bits per heavy atom. The zero-order chi connectivity index (χ0) is 11.0. The molecule has 0 amide bonds. The molecule has 16 heavy (non-hydrogen) atoms. The Morgan fingerprint density at radius 3 is 3.06 bits per heavy atom. The zero-order valence-corrected chi connectivity index (χ0v) is 8.95. The third-order valence-corrected chi connectivity index (χ3v) is 3.05. The van der Waals surface area contributed by atoms with Gasteiger partial charge >= 0.3 is 0 Å². The molecule has 5 heteroatoms. The number of nitrogens with zero attached hydrogens (tertiary/aromatic N) is 2. The molecule has 0 N–H and O–H groups in total. The molecule has 0 spiro atoms. The van der Waals surface area contributed by atoms with E-state index in [4.69, 9.17) is 14.7 Å². The van der Waals surface area contributed by atoms with Gasteiger partial charge in [0.2, 0.25) is 6.79 Å². The lowest BCUT2D eigenvalue weighted by molar-refractivity contribution is 0.174. The van der Waals surface area contributed by atoms with Crippen LogP contribution >= 0.6 is 11.3 Å². The van der Waals surface area contributed by atoms with Gasteiger partial charge in [0.05, 0.1) is 11.2 Å². The summed E-state index contributed by atoms with van der Waals surface area (Å²) in [6.45, 7) is 0.251. The van der Waals surface area contributed by atoms with Crippen molar-refractivity contribution in [3.8, 4) is 28.8 Å². The molecule has 0 fully saturated rings. The number of rotatable bonds is 1. The molecule has 0 aliphatic carbocycles. The van der Waals surface area contributed by atoms with Crippen molar-refractivity contribution >= 4 is 11.3 Å². The first kappa shape index (κ1) is 9.19. The maximum atomic E-state index is 8.93. The van der Waals surface area contributed by atoms with Crippen LogP contribution in [0, 0.1) is 11.3 Å². The Labute approximate surface area is 95.7 Å². The molecular weight excluding hydrogens is 224 g/mol. The molecule has 1 aliphatic heterocycles. The van der Waals surface area contributed by atoms with Gasteiger partial charge in [0, 0.05) is 5.56 Å². The first-order valence-electron chi connectivity index (χ1n) is 4.62. The number of benzene rings is 1. The number of fused-ring (bicyclic) bond motifs is 1. The van der Waals surface area contributed by atoms with Crippen LogP contribution in [-0.2, 0) is 0 Å². The molecular formula is C11H6N2O2S. The van der Waals surface area contributed by atoms with E-state index >= 15 is 0 Å². The summed E-state index contributed by atoms with van der Waals surface area (Å²) in [6, 6.07) is 7.68. The van der Waals surface area contributed by atoms with Gasteiger partial charge in [-0.3, -0.25) is 0 Å². The molecule has 1 aliphatic rings. The lowest BCUT2D eigenvalue weighted by atomic mass is 10.1. The molecule has 78 valence electrons. The Bertz CT molecular complexity index is 586. The maximum absolute atomic E-state index is 8.93. The number of nitriles is 1. The Hall–Kier alpha value is -2.06. The number of ether oxygens (including phenoxy) is 2. The van der Waals surface area contributed by atoms with E-state index in [0.717, 1.165) is 11.3 Å². The number of hydrogen-bond donors (Lipinski definition) is 0. The predicted molar refractivity (Wildman–Crippen MR) is 58.4 cm³/mol. The minimum absolute atomic E-state index is 0.251. The molecule has 1 aromatic heterocycles. The van der Waals surface area contributed by atoms with Crippen LogP contribution in [0.2, 0.25) is 0 Å². The van der Waals surface area contributed by atoms with Gasteiger partial charge in [0.15, 0.2) is 11.5 Å². The fraction of sp³-hybridized carbons (Fsp3) is 0.0909. The third-order valence-electron chi connectivity index (χ3n) is 2.31. The van der Waals surface area contributed by atoms with Crippen LogP contribution in [0.25, 0.3) is 11.3 Å². The monoisotopic (exact) mass is 230 g/mol. The van der Waals surface area contributed by atoms with Crippen molar-refractivity contribution in [1.82, 2.24) is 4.98 Å². The van der Waals surface area contributed by atoms with E-state index in [-0.39, 0.29) is 6.79 Å². The van der Waals surface area contributed by atoms with E-state index in [1.807, 2.05) is 18.2 Å². The van der Waals surface area contributed by atoms with Crippen LogP contribution in [0.3, 0.4) is 0 Å². The van der Waals surface area contributed by atoms with Crippen LogP contribution in [0.5, 0.6) is 11.5 Å². The highest BCUT2D eigenvalue weighted by Crippen LogP contribution is 2.36. The van der Waals surface area contributed by atoms with Crippen molar-refractivity contribution in [2.75, 3.05) is 6.79 Å². The Morgan fingerprint density at radius 2 is 2.19 bits per heavy atom. The van der Waals surface area contributed by atoms with E-state index < -0.39 is 0 Å². The van der Waals surface area contributed by atoms with Gasteiger partial charge in [0.1, 0.15) is 10.9 Å². The molecule has 0 saturated carbocycles. The van der Waals surface area contributed by atoms with Crippen molar-refractivity contribution in [3.05, 3.63) is 28.6 Å². The summed E-state index contributed by atoms with van der Waals surface area (Å²) in [5.41, 5.74) is 3.24. The van der Waals surface area contributed by atoms with Crippen LogP contribution in [0.4, 0.5) is 0 Å². The predicted octanol–water partition coefficient (Wildman–Crippen LogP) is 2.41. The smallest absolute Gasteiger partial charge is 0.231 e. The number of thiazole rings is 1. The van der Waals surface area contributed by atoms with E-state index in [9.17, 15) is 0 Å². The molecule has 0 bridgehead atoms. The van der Waals surface area contributed by atoms with Gasteiger partial charge in [0.25, 0.3) is 0 Å². The molecule has 0 atom stereocenters. The fourth-order valence-corrected chi connectivity index (χ4v) is 2.17. The lowest BCUT2D eigenvalue weighted by Gasteiger charge is -2.00. The molecule has 2 heterocycles. The summed E-state index contributed by atoms with van der Waals surface area (Å²) in [5, 5.41) is 8.93. The second-order valence-corrected chi connectivity index (χ2v) is 4.06. The SMILES string of the molecule is N#Cc1scnc1-c1ccc2c(c1)OCO2. The fourth-order valence-electron chi connectivity index (χ4n) is 1.57. The zero-order valence-electron chi connectivity index (χ0n) is 8.14. The largest absolute Gasteiger partial charge is 0.454 e. The summed E-state index contributed by atoms with van der Waals surface area (Å²) >= 11 is 1.33. The van der Waals surface area contributed by atoms with Gasteiger partial charge < -0.3 is 9.47 Å². The van der Waals surface area contributed by atoms with Crippen LogP contribution < -0.4 is 9.47 Å². The summed E-state index contributed by atoms with van der Waals surface area (Å²) in [5.74, 6) is 1.44. The van der Waals surface area contributed by atoms with E-state index in [0.29, 0.717) is 16.3 Å². The molecule has 0 unspecified atom stereocenters. The van der Waals surface area contributed by atoms with Crippen LogP contribution in [0.15, 0.2) is 23.7 Å². The average molecular weight is 230 g/mol. The summed E-state index contributed by atoms with van der Waals surface area (Å²) in [4.78, 5) is 4.79. The Balaban J connectivity index is 2.11. The van der Waals surface area contributed by atoms with Crippen molar-refractivity contribution in [1.29, 1.82) is 5.26 Å². The quantitative estimate of drug-likeness (QED) is 0.754. The van der Waals surface area contributed by atoms with Crippen molar-refractivity contribution in [2.24, 2.45) is 0 Å². The average Bonchev–Trinajstić information content (AvgIpc) is 2.96. The lowest BCUT2D eigenvalue weighted by Crippen LogP contribution is -1.92. The van der Waals surface area contributed by atoms with Crippen molar-refractivity contribution in [3.63, 3.8) is 0 Å². The van der Waals surface area contributed by atoms with E-state index in [1.54, 1.807) is 5.51 Å². The minimum atomic E-state index is 0.251. The van der Waals surface area contributed by atoms with Crippen LogP contribution in [-0.4, -0.2) is 11.8 Å².